The van der Waals surface area contributed by atoms with E-state index >= 15 is 0 Å². The van der Waals surface area contributed by atoms with Gasteiger partial charge >= 0.3 is 0 Å². The number of ether oxygens (including phenoxy) is 1. The van der Waals surface area contributed by atoms with Crippen molar-refractivity contribution in [2.75, 3.05) is 0 Å². The quantitative estimate of drug-likeness (QED) is 0.270. The molecule has 12 heteroatoms. The third kappa shape index (κ3) is 4.72. The Labute approximate surface area is 204 Å². The van der Waals surface area contributed by atoms with Crippen LogP contribution in [0.25, 0.3) is 10.9 Å². The molecule has 31 heavy (non-hydrogen) atoms. The molecule has 0 aliphatic carbocycles. The van der Waals surface area contributed by atoms with Crippen molar-refractivity contribution >= 4 is 88.9 Å². The number of aromatic nitrogens is 1. The summed E-state index contributed by atoms with van der Waals surface area (Å²) in [6.07, 6.45) is 0. The van der Waals surface area contributed by atoms with Crippen LogP contribution in [0, 0.1) is 0 Å². The number of aromatic amines is 1. The highest BCUT2D eigenvalue weighted by atomic mass is 79.9. The van der Waals surface area contributed by atoms with Gasteiger partial charge < -0.3 is 9.72 Å². The number of halogens is 4. The summed E-state index contributed by atoms with van der Waals surface area (Å²) in [5, 5.41) is 1.26. The van der Waals surface area contributed by atoms with Crippen LogP contribution >= 0.6 is 62.1 Å². The van der Waals surface area contributed by atoms with Gasteiger partial charge in [-0.05, 0) is 58.4 Å². The smallest absolute Gasteiger partial charge is 0.281 e. The van der Waals surface area contributed by atoms with Crippen LogP contribution in [0.3, 0.4) is 0 Å². The van der Waals surface area contributed by atoms with Gasteiger partial charge in [-0.2, -0.15) is 0 Å². The standard InChI is InChI=1S/C19H10BrCl3N2O4S2/c20-17-11(21)2-1-3-15(17)29-10-4-5-13-9(6-10)7-14(24-13)19(26)25-31(27,28)16-8-12(22)18(23)30-16/h1-8,24H,(H,25,26). The fourth-order valence-electron chi connectivity index (χ4n) is 2.67. The molecule has 0 aliphatic rings. The normalized spacial score (nSPS) is 11.6. The van der Waals surface area contributed by atoms with Crippen LogP contribution in [0.4, 0.5) is 0 Å². The lowest BCUT2D eigenvalue weighted by atomic mass is 10.2. The second kappa shape index (κ2) is 8.65. The van der Waals surface area contributed by atoms with Crippen molar-refractivity contribution in [2.24, 2.45) is 0 Å². The highest BCUT2D eigenvalue weighted by molar-refractivity contribution is 9.10. The third-order valence-electron chi connectivity index (χ3n) is 4.10. The number of nitrogens with one attached hydrogen (secondary N) is 2. The highest BCUT2D eigenvalue weighted by Crippen LogP contribution is 2.36. The van der Waals surface area contributed by atoms with Crippen molar-refractivity contribution in [3.05, 3.63) is 73.1 Å². The fourth-order valence-corrected chi connectivity index (χ4v) is 6.03. The maximum absolute atomic E-state index is 12.5. The number of fused-ring (bicyclic) bond motifs is 1. The summed E-state index contributed by atoms with van der Waals surface area (Å²) in [5.41, 5.74) is 0.690. The summed E-state index contributed by atoms with van der Waals surface area (Å²) >= 11 is 21.8. The number of carbonyl (C=O) groups excluding carboxylic acids is 1. The molecule has 0 radical (unpaired) electrons. The van der Waals surface area contributed by atoms with Crippen LogP contribution in [-0.2, 0) is 10.0 Å². The van der Waals surface area contributed by atoms with E-state index in [2.05, 4.69) is 20.9 Å². The zero-order valence-electron chi connectivity index (χ0n) is 15.1. The van der Waals surface area contributed by atoms with E-state index in [9.17, 15) is 13.2 Å². The lowest BCUT2D eigenvalue weighted by molar-refractivity contribution is 0.0977. The van der Waals surface area contributed by atoms with Crippen molar-refractivity contribution in [1.82, 2.24) is 9.71 Å². The first kappa shape index (κ1) is 22.4. The summed E-state index contributed by atoms with van der Waals surface area (Å²) in [4.78, 5) is 15.4. The maximum Gasteiger partial charge on any atom is 0.281 e. The maximum atomic E-state index is 12.5. The number of hydrogen-bond donors (Lipinski definition) is 2. The van der Waals surface area contributed by atoms with Gasteiger partial charge in [-0.1, -0.05) is 40.9 Å². The highest BCUT2D eigenvalue weighted by Gasteiger charge is 2.23. The molecule has 2 N–H and O–H groups in total. The Morgan fingerprint density at radius 1 is 1.06 bits per heavy atom. The summed E-state index contributed by atoms with van der Waals surface area (Å²) in [7, 11) is -4.12. The molecule has 0 aliphatic heterocycles. The minimum absolute atomic E-state index is 0.0633. The molecule has 2 aromatic heterocycles. The molecule has 0 spiro atoms. The van der Waals surface area contributed by atoms with Gasteiger partial charge in [0.25, 0.3) is 15.9 Å². The molecule has 0 saturated carbocycles. The summed E-state index contributed by atoms with van der Waals surface area (Å²) < 4.78 is 33.3. The van der Waals surface area contributed by atoms with Gasteiger partial charge in [0.2, 0.25) is 0 Å². The van der Waals surface area contributed by atoms with Crippen LogP contribution in [0.5, 0.6) is 11.5 Å². The number of thiophene rings is 1. The van der Waals surface area contributed by atoms with E-state index in [0.717, 1.165) is 11.3 Å². The molecular weight excluding hydrogens is 571 g/mol. The Hall–Kier alpha value is -1.75. The zero-order chi connectivity index (χ0) is 22.3. The van der Waals surface area contributed by atoms with Gasteiger partial charge in [-0.25, -0.2) is 13.1 Å². The first-order chi connectivity index (χ1) is 14.6. The summed E-state index contributed by atoms with van der Waals surface area (Å²) in [6, 6.07) is 13.1. The second-order valence-electron chi connectivity index (χ2n) is 6.21. The fraction of sp³-hybridized carbons (Fsp3) is 0. The Morgan fingerprint density at radius 2 is 1.84 bits per heavy atom. The van der Waals surface area contributed by atoms with Gasteiger partial charge in [0.1, 0.15) is 25.7 Å². The van der Waals surface area contributed by atoms with Gasteiger partial charge in [0, 0.05) is 10.9 Å². The molecule has 1 amide bonds. The molecule has 0 saturated heterocycles. The van der Waals surface area contributed by atoms with Gasteiger partial charge in [-0.15, -0.1) is 11.3 Å². The average molecular weight is 581 g/mol. The van der Waals surface area contributed by atoms with Crippen molar-refractivity contribution < 1.29 is 17.9 Å². The monoisotopic (exact) mass is 578 g/mol. The van der Waals surface area contributed by atoms with Crippen molar-refractivity contribution in [3.63, 3.8) is 0 Å². The molecule has 0 fully saturated rings. The van der Waals surface area contributed by atoms with E-state index in [4.69, 9.17) is 39.5 Å². The van der Waals surface area contributed by atoms with E-state index in [1.165, 1.54) is 12.1 Å². The number of sulfonamides is 1. The van der Waals surface area contributed by atoms with Crippen molar-refractivity contribution in [3.8, 4) is 11.5 Å². The van der Waals surface area contributed by atoms with Crippen LogP contribution in [-0.4, -0.2) is 19.3 Å². The first-order valence-electron chi connectivity index (χ1n) is 8.40. The van der Waals surface area contributed by atoms with E-state index in [0.29, 0.717) is 31.9 Å². The molecule has 0 bridgehead atoms. The van der Waals surface area contributed by atoms with Crippen LogP contribution in [0.1, 0.15) is 10.5 Å². The Kier molecular flexibility index (Phi) is 6.26. The average Bonchev–Trinajstić information content (AvgIpc) is 3.29. The molecule has 160 valence electrons. The molecular formula is C19H10BrCl3N2O4S2. The number of amides is 1. The molecule has 0 unspecified atom stereocenters. The predicted molar refractivity (Wildman–Crippen MR) is 127 cm³/mol. The Balaban J connectivity index is 1.57. The molecule has 4 aromatic rings. The lowest BCUT2D eigenvalue weighted by Crippen LogP contribution is -2.30. The Bertz CT molecular complexity index is 1410. The van der Waals surface area contributed by atoms with E-state index in [1.54, 1.807) is 36.4 Å². The molecule has 2 heterocycles. The van der Waals surface area contributed by atoms with Gasteiger partial charge in [0.15, 0.2) is 0 Å². The number of benzene rings is 2. The van der Waals surface area contributed by atoms with Crippen LogP contribution in [0.2, 0.25) is 14.4 Å². The van der Waals surface area contributed by atoms with E-state index in [1.807, 2.05) is 4.72 Å². The number of rotatable bonds is 5. The molecule has 2 aromatic carbocycles. The summed E-state index contributed by atoms with van der Waals surface area (Å²) in [6.45, 7) is 0. The van der Waals surface area contributed by atoms with Crippen molar-refractivity contribution in [1.29, 1.82) is 0 Å². The third-order valence-corrected chi connectivity index (χ3v) is 9.13. The van der Waals surface area contributed by atoms with Crippen LogP contribution < -0.4 is 9.46 Å². The van der Waals surface area contributed by atoms with Crippen LogP contribution in [0.15, 0.2) is 57.2 Å². The number of H-pyrrole nitrogens is 1. The number of hydrogen-bond acceptors (Lipinski definition) is 5. The molecule has 6 nitrogen and oxygen atoms in total. The first-order valence-corrected chi connectivity index (χ1v) is 12.6. The molecule has 0 atom stereocenters. The topological polar surface area (TPSA) is 88.3 Å². The SMILES string of the molecule is O=C(NS(=O)(=O)c1cc(Cl)c(Cl)s1)c1cc2cc(Oc3cccc(Cl)c3Br)ccc2[nH]1. The lowest BCUT2D eigenvalue weighted by Gasteiger charge is -2.08. The Morgan fingerprint density at radius 3 is 2.55 bits per heavy atom. The van der Waals surface area contributed by atoms with Crippen molar-refractivity contribution in [2.45, 2.75) is 4.21 Å². The minimum atomic E-state index is -4.12. The van der Waals surface area contributed by atoms with E-state index in [-0.39, 0.29) is 19.3 Å². The molecule has 4 rings (SSSR count). The minimum Gasteiger partial charge on any atom is -0.456 e. The zero-order valence-corrected chi connectivity index (χ0v) is 20.6. The van der Waals surface area contributed by atoms with Gasteiger partial charge in [0.05, 0.1) is 14.5 Å². The predicted octanol–water partition coefficient (Wildman–Crippen LogP) is 6.86. The second-order valence-corrected chi connectivity index (χ2v) is 11.4. The van der Waals surface area contributed by atoms with Gasteiger partial charge in [-0.3, -0.25) is 4.79 Å². The largest absolute Gasteiger partial charge is 0.456 e. The van der Waals surface area contributed by atoms with E-state index < -0.39 is 15.9 Å². The number of carbonyl (C=O) groups is 1. The summed E-state index contributed by atoms with van der Waals surface area (Å²) in [5.74, 6) is 0.216.